The molecule has 0 radical (unpaired) electrons. The van der Waals surface area contributed by atoms with Gasteiger partial charge in [-0.05, 0) is 0 Å². The standard InChI is InChI=1S/C7H9N3O2/c1-10-3-2-8-6(10)7-9-5(11)4-12-7/h2-3,7H,4H2,1H3,(H,9,11). The van der Waals surface area contributed by atoms with Gasteiger partial charge in [0.25, 0.3) is 0 Å². The number of hydrogen-bond donors (Lipinski definition) is 1. The van der Waals surface area contributed by atoms with Crippen molar-refractivity contribution >= 4 is 5.91 Å². The molecule has 12 heavy (non-hydrogen) atoms. The van der Waals surface area contributed by atoms with E-state index < -0.39 is 0 Å². The Morgan fingerprint density at radius 1 is 1.83 bits per heavy atom. The predicted molar refractivity (Wildman–Crippen MR) is 40.0 cm³/mol. The summed E-state index contributed by atoms with van der Waals surface area (Å²) < 4.78 is 6.96. The molecule has 5 nitrogen and oxygen atoms in total. The molecule has 1 aromatic rings. The maximum atomic E-state index is 10.8. The van der Waals surface area contributed by atoms with Crippen LogP contribution < -0.4 is 5.32 Å². The second-order valence-electron chi connectivity index (χ2n) is 2.65. The topological polar surface area (TPSA) is 56.2 Å². The van der Waals surface area contributed by atoms with Crippen LogP contribution in [0.25, 0.3) is 0 Å². The van der Waals surface area contributed by atoms with Crippen molar-refractivity contribution in [2.24, 2.45) is 7.05 Å². The van der Waals surface area contributed by atoms with Crippen molar-refractivity contribution in [3.05, 3.63) is 18.2 Å². The number of carbonyl (C=O) groups is 1. The second-order valence-corrected chi connectivity index (χ2v) is 2.65. The lowest BCUT2D eigenvalue weighted by Crippen LogP contribution is -2.21. The van der Waals surface area contributed by atoms with Crippen LogP contribution in [0.15, 0.2) is 12.4 Å². The van der Waals surface area contributed by atoms with E-state index in [0.29, 0.717) is 0 Å². The first-order chi connectivity index (χ1) is 5.77. The van der Waals surface area contributed by atoms with E-state index in [1.807, 2.05) is 17.8 Å². The number of nitrogens with zero attached hydrogens (tertiary/aromatic N) is 2. The van der Waals surface area contributed by atoms with Gasteiger partial charge in [-0.1, -0.05) is 0 Å². The van der Waals surface area contributed by atoms with Crippen molar-refractivity contribution in [3.8, 4) is 0 Å². The summed E-state index contributed by atoms with van der Waals surface area (Å²) in [7, 11) is 1.86. The average molecular weight is 167 g/mol. The highest BCUT2D eigenvalue weighted by Crippen LogP contribution is 2.14. The summed E-state index contributed by atoms with van der Waals surface area (Å²) in [6.45, 7) is 0.123. The molecule has 1 unspecified atom stereocenters. The van der Waals surface area contributed by atoms with Crippen LogP contribution in [-0.2, 0) is 16.6 Å². The zero-order valence-electron chi connectivity index (χ0n) is 6.65. The normalized spacial score (nSPS) is 22.8. The molecule has 0 bridgehead atoms. The molecule has 2 heterocycles. The molecule has 0 aromatic carbocycles. The van der Waals surface area contributed by atoms with Gasteiger partial charge in [0.15, 0.2) is 12.1 Å². The highest BCUT2D eigenvalue weighted by molar-refractivity contribution is 5.78. The Morgan fingerprint density at radius 3 is 3.17 bits per heavy atom. The Bertz CT molecular complexity index is 307. The van der Waals surface area contributed by atoms with Crippen LogP contribution in [0.2, 0.25) is 0 Å². The fourth-order valence-electron chi connectivity index (χ4n) is 1.16. The molecule has 1 atom stereocenters. The van der Waals surface area contributed by atoms with Crippen LogP contribution in [0, 0.1) is 0 Å². The number of nitrogens with one attached hydrogen (secondary N) is 1. The molecule has 2 rings (SSSR count). The average Bonchev–Trinajstić information content (AvgIpc) is 2.58. The summed E-state index contributed by atoms with van der Waals surface area (Å²) in [5, 5.41) is 2.65. The van der Waals surface area contributed by atoms with E-state index >= 15 is 0 Å². The summed E-state index contributed by atoms with van der Waals surface area (Å²) in [5.41, 5.74) is 0. The van der Waals surface area contributed by atoms with Gasteiger partial charge in [0.05, 0.1) is 0 Å². The van der Waals surface area contributed by atoms with Crippen LogP contribution in [0.4, 0.5) is 0 Å². The van der Waals surface area contributed by atoms with Gasteiger partial charge in [-0.3, -0.25) is 4.79 Å². The summed E-state index contributed by atoms with van der Waals surface area (Å²) >= 11 is 0. The molecule has 1 saturated heterocycles. The number of carbonyl (C=O) groups excluding carboxylic acids is 1. The molecule has 5 heteroatoms. The predicted octanol–water partition coefficient (Wildman–Crippen LogP) is -0.435. The summed E-state index contributed by atoms with van der Waals surface area (Å²) in [5.74, 6) is 0.629. The van der Waals surface area contributed by atoms with Crippen LogP contribution in [0.3, 0.4) is 0 Å². The number of ether oxygens (including phenoxy) is 1. The molecule has 1 amide bonds. The minimum atomic E-state index is -0.377. The summed E-state index contributed by atoms with van der Waals surface area (Å²) in [6.07, 6.45) is 3.10. The molecule has 1 aliphatic heterocycles. The van der Waals surface area contributed by atoms with Gasteiger partial charge >= 0.3 is 0 Å². The van der Waals surface area contributed by atoms with E-state index in [0.717, 1.165) is 5.82 Å². The number of imidazole rings is 1. The number of rotatable bonds is 1. The fourth-order valence-corrected chi connectivity index (χ4v) is 1.16. The zero-order valence-corrected chi connectivity index (χ0v) is 6.65. The first-order valence-electron chi connectivity index (χ1n) is 3.65. The van der Waals surface area contributed by atoms with Gasteiger partial charge in [-0.25, -0.2) is 4.98 Å². The van der Waals surface area contributed by atoms with Gasteiger partial charge < -0.3 is 14.6 Å². The van der Waals surface area contributed by atoms with Crippen molar-refractivity contribution in [2.75, 3.05) is 6.61 Å². The van der Waals surface area contributed by atoms with Crippen molar-refractivity contribution in [1.82, 2.24) is 14.9 Å². The molecule has 0 aliphatic carbocycles. The third kappa shape index (κ3) is 1.08. The van der Waals surface area contributed by atoms with E-state index in [-0.39, 0.29) is 18.7 Å². The van der Waals surface area contributed by atoms with Gasteiger partial charge in [0, 0.05) is 19.4 Å². The number of aromatic nitrogens is 2. The molecule has 0 saturated carbocycles. The van der Waals surface area contributed by atoms with E-state index in [1.54, 1.807) is 6.20 Å². The van der Waals surface area contributed by atoms with Crippen molar-refractivity contribution in [1.29, 1.82) is 0 Å². The zero-order chi connectivity index (χ0) is 8.55. The Balaban J connectivity index is 2.21. The molecular weight excluding hydrogens is 158 g/mol. The highest BCUT2D eigenvalue weighted by atomic mass is 16.5. The van der Waals surface area contributed by atoms with Crippen LogP contribution in [-0.4, -0.2) is 22.1 Å². The van der Waals surface area contributed by atoms with E-state index in [9.17, 15) is 4.79 Å². The van der Waals surface area contributed by atoms with E-state index in [1.165, 1.54) is 0 Å². The maximum absolute atomic E-state index is 10.8. The Labute approximate surface area is 69.3 Å². The van der Waals surface area contributed by atoms with Crippen LogP contribution in [0.5, 0.6) is 0 Å². The van der Waals surface area contributed by atoms with E-state index in [4.69, 9.17) is 4.74 Å². The third-order valence-corrected chi connectivity index (χ3v) is 1.77. The lowest BCUT2D eigenvalue weighted by molar-refractivity contribution is -0.119. The Hall–Kier alpha value is -1.36. The Kier molecular flexibility index (Phi) is 1.58. The molecule has 1 N–H and O–H groups in total. The number of aryl methyl sites for hydroxylation is 1. The fraction of sp³-hybridized carbons (Fsp3) is 0.429. The lowest BCUT2D eigenvalue weighted by atomic mass is 10.5. The maximum Gasteiger partial charge on any atom is 0.248 e. The minimum absolute atomic E-state index is 0.0944. The molecule has 1 aromatic heterocycles. The quantitative estimate of drug-likeness (QED) is 0.617. The number of hydrogen-bond acceptors (Lipinski definition) is 3. The van der Waals surface area contributed by atoms with Gasteiger partial charge in [-0.15, -0.1) is 0 Å². The molecular formula is C7H9N3O2. The monoisotopic (exact) mass is 167 g/mol. The highest BCUT2D eigenvalue weighted by Gasteiger charge is 2.25. The molecule has 0 spiro atoms. The van der Waals surface area contributed by atoms with Crippen LogP contribution in [0.1, 0.15) is 12.1 Å². The Morgan fingerprint density at radius 2 is 2.67 bits per heavy atom. The minimum Gasteiger partial charge on any atom is -0.341 e. The molecule has 64 valence electrons. The van der Waals surface area contributed by atoms with Crippen molar-refractivity contribution in [3.63, 3.8) is 0 Å². The lowest BCUT2D eigenvalue weighted by Gasteiger charge is -2.08. The van der Waals surface area contributed by atoms with E-state index in [2.05, 4.69) is 10.3 Å². The first kappa shape index (κ1) is 7.30. The van der Waals surface area contributed by atoms with Crippen molar-refractivity contribution in [2.45, 2.75) is 6.23 Å². The number of amides is 1. The van der Waals surface area contributed by atoms with Gasteiger partial charge in [-0.2, -0.15) is 0 Å². The van der Waals surface area contributed by atoms with Crippen molar-refractivity contribution < 1.29 is 9.53 Å². The third-order valence-electron chi connectivity index (χ3n) is 1.77. The van der Waals surface area contributed by atoms with Crippen LogP contribution >= 0.6 is 0 Å². The first-order valence-corrected chi connectivity index (χ1v) is 3.65. The molecule has 1 fully saturated rings. The largest absolute Gasteiger partial charge is 0.341 e. The smallest absolute Gasteiger partial charge is 0.248 e. The second kappa shape index (κ2) is 2.60. The summed E-state index contributed by atoms with van der Waals surface area (Å²) in [4.78, 5) is 14.8. The SMILES string of the molecule is Cn1ccnc1C1NC(=O)CO1. The molecule has 1 aliphatic rings. The van der Waals surface area contributed by atoms with Gasteiger partial charge in [0.1, 0.15) is 6.61 Å². The van der Waals surface area contributed by atoms with Gasteiger partial charge in [0.2, 0.25) is 5.91 Å². The summed E-state index contributed by atoms with van der Waals surface area (Å²) in [6, 6.07) is 0.